The zero-order valence-electron chi connectivity index (χ0n) is 10.3. The largest absolute Gasteiger partial charge is 0.272 e. The van der Waals surface area contributed by atoms with E-state index in [0.29, 0.717) is 5.56 Å². The van der Waals surface area contributed by atoms with Gasteiger partial charge in [-0.25, -0.2) is 5.43 Å². The van der Waals surface area contributed by atoms with E-state index in [0.717, 1.165) is 15.6 Å². The number of aryl methyl sites for hydroxylation is 1. The third-order valence-corrected chi connectivity index (χ3v) is 2.96. The Balaban J connectivity index is 2.03. The van der Waals surface area contributed by atoms with E-state index in [4.69, 9.17) is 0 Å². The number of hydrogen-bond acceptors (Lipinski definition) is 3. The Morgan fingerprint density at radius 2 is 2.16 bits per heavy atom. The summed E-state index contributed by atoms with van der Waals surface area (Å²) in [7, 11) is 0. The second-order valence-corrected chi connectivity index (χ2v) is 4.86. The van der Waals surface area contributed by atoms with Gasteiger partial charge in [-0.15, -0.1) is 0 Å². The molecule has 0 saturated carbocycles. The summed E-state index contributed by atoms with van der Waals surface area (Å²) in [5, 5.41) is 3.94. The molecule has 0 bridgehead atoms. The first kappa shape index (κ1) is 13.4. The molecule has 19 heavy (non-hydrogen) atoms. The van der Waals surface area contributed by atoms with Gasteiger partial charge in [-0.1, -0.05) is 24.3 Å². The lowest BCUT2D eigenvalue weighted by Gasteiger charge is -2.00. The number of pyridine rings is 1. The van der Waals surface area contributed by atoms with E-state index in [-0.39, 0.29) is 5.91 Å². The number of carbonyl (C=O) groups excluding carboxylic acids is 1. The third kappa shape index (κ3) is 3.72. The van der Waals surface area contributed by atoms with Gasteiger partial charge in [0.2, 0.25) is 0 Å². The minimum atomic E-state index is -0.293. The lowest BCUT2D eigenvalue weighted by atomic mass is 10.1. The molecule has 0 atom stereocenters. The first-order valence-corrected chi connectivity index (χ1v) is 6.46. The number of benzene rings is 1. The molecule has 4 nitrogen and oxygen atoms in total. The van der Waals surface area contributed by atoms with Crippen molar-refractivity contribution >= 4 is 28.1 Å². The maximum absolute atomic E-state index is 11.8. The van der Waals surface area contributed by atoms with Gasteiger partial charge >= 0.3 is 0 Å². The summed E-state index contributed by atoms with van der Waals surface area (Å²) in [4.78, 5) is 15.7. The highest BCUT2D eigenvalue weighted by molar-refractivity contribution is 9.10. The summed E-state index contributed by atoms with van der Waals surface area (Å²) in [6, 6.07) is 9.49. The smallest absolute Gasteiger partial charge is 0.267 e. The number of nitrogens with one attached hydrogen (secondary N) is 1. The first-order valence-electron chi connectivity index (χ1n) is 5.66. The second-order valence-electron chi connectivity index (χ2n) is 3.95. The molecule has 0 radical (unpaired) electrons. The summed E-state index contributed by atoms with van der Waals surface area (Å²) < 4.78 is 0.753. The highest BCUT2D eigenvalue weighted by Crippen LogP contribution is 2.09. The molecule has 1 amide bonds. The normalized spacial score (nSPS) is 10.6. The number of hydrogen-bond donors (Lipinski definition) is 1. The zero-order valence-corrected chi connectivity index (χ0v) is 11.9. The number of rotatable bonds is 3. The van der Waals surface area contributed by atoms with Gasteiger partial charge in [0, 0.05) is 16.9 Å². The summed E-state index contributed by atoms with van der Waals surface area (Å²) in [5.74, 6) is -0.293. The number of nitrogens with zero attached hydrogens (tertiary/aromatic N) is 2. The number of amides is 1. The highest BCUT2D eigenvalue weighted by atomic mass is 79.9. The van der Waals surface area contributed by atoms with Crippen molar-refractivity contribution in [2.75, 3.05) is 0 Å². The molecule has 0 unspecified atom stereocenters. The van der Waals surface area contributed by atoms with Crippen molar-refractivity contribution in [3.63, 3.8) is 0 Å². The molecule has 1 aromatic carbocycles. The van der Waals surface area contributed by atoms with Crippen molar-refractivity contribution in [1.82, 2.24) is 10.4 Å². The van der Waals surface area contributed by atoms with E-state index in [1.165, 1.54) is 6.20 Å². The van der Waals surface area contributed by atoms with Crippen LogP contribution in [0.4, 0.5) is 0 Å². The predicted molar refractivity (Wildman–Crippen MR) is 78.2 cm³/mol. The number of aromatic nitrogens is 1. The molecule has 2 aromatic rings. The Kier molecular flexibility index (Phi) is 4.41. The minimum absolute atomic E-state index is 0.293. The van der Waals surface area contributed by atoms with Crippen LogP contribution in [0.3, 0.4) is 0 Å². The Labute approximate surface area is 119 Å². The van der Waals surface area contributed by atoms with Gasteiger partial charge in [0.15, 0.2) is 0 Å². The van der Waals surface area contributed by atoms with Crippen LogP contribution in [0.5, 0.6) is 0 Å². The van der Waals surface area contributed by atoms with Gasteiger partial charge < -0.3 is 0 Å². The maximum atomic E-state index is 11.8. The van der Waals surface area contributed by atoms with Crippen LogP contribution in [0.25, 0.3) is 0 Å². The lowest BCUT2D eigenvalue weighted by molar-refractivity contribution is 0.0954. The van der Waals surface area contributed by atoms with Crippen LogP contribution in [0.2, 0.25) is 0 Å². The molecule has 0 aliphatic carbocycles. The van der Waals surface area contributed by atoms with E-state index < -0.39 is 0 Å². The van der Waals surface area contributed by atoms with Gasteiger partial charge in [-0.05, 0) is 40.0 Å². The molecule has 0 aliphatic rings. The van der Waals surface area contributed by atoms with E-state index in [9.17, 15) is 4.79 Å². The molecular formula is C14H12BrN3O. The van der Waals surface area contributed by atoms with Crippen molar-refractivity contribution in [2.45, 2.75) is 6.92 Å². The van der Waals surface area contributed by atoms with Crippen LogP contribution in [0, 0.1) is 6.92 Å². The second kappa shape index (κ2) is 6.24. The Hall–Kier alpha value is -2.01. The predicted octanol–water partition coefficient (Wildman–Crippen LogP) is 2.92. The average molecular weight is 318 g/mol. The van der Waals surface area contributed by atoms with Crippen LogP contribution in [0.1, 0.15) is 21.5 Å². The molecule has 2 rings (SSSR count). The van der Waals surface area contributed by atoms with Crippen molar-refractivity contribution in [1.29, 1.82) is 0 Å². The third-order valence-electron chi connectivity index (χ3n) is 2.53. The van der Waals surface area contributed by atoms with E-state index in [1.807, 2.05) is 31.2 Å². The van der Waals surface area contributed by atoms with Gasteiger partial charge in [0.05, 0.1) is 11.8 Å². The van der Waals surface area contributed by atoms with Crippen molar-refractivity contribution < 1.29 is 4.79 Å². The molecule has 1 heterocycles. The monoisotopic (exact) mass is 317 g/mol. The quantitative estimate of drug-likeness (QED) is 0.699. The molecule has 0 saturated heterocycles. The topological polar surface area (TPSA) is 54.4 Å². The standard InChI is InChI=1S/C14H12BrN3O/c1-10-4-2-3-5-11(10)8-17-18-14(19)12-6-13(15)9-16-7-12/h2-9H,1H3,(H,18,19)/b17-8-. The molecule has 1 aromatic heterocycles. The van der Waals surface area contributed by atoms with Gasteiger partial charge in [-0.3, -0.25) is 9.78 Å². The lowest BCUT2D eigenvalue weighted by Crippen LogP contribution is -2.17. The maximum Gasteiger partial charge on any atom is 0.272 e. The summed E-state index contributed by atoms with van der Waals surface area (Å²) in [6.45, 7) is 1.99. The molecule has 5 heteroatoms. The fourth-order valence-corrected chi connectivity index (χ4v) is 1.86. The molecule has 1 N–H and O–H groups in total. The summed E-state index contributed by atoms with van der Waals surface area (Å²) >= 11 is 3.26. The van der Waals surface area contributed by atoms with Gasteiger partial charge in [0.1, 0.15) is 0 Å². The van der Waals surface area contributed by atoms with E-state index in [1.54, 1.807) is 18.5 Å². The van der Waals surface area contributed by atoms with Crippen LogP contribution in [0.15, 0.2) is 52.3 Å². The van der Waals surface area contributed by atoms with Crippen LogP contribution in [-0.2, 0) is 0 Å². The Morgan fingerprint density at radius 3 is 2.89 bits per heavy atom. The van der Waals surface area contributed by atoms with Crippen LogP contribution in [-0.4, -0.2) is 17.1 Å². The zero-order chi connectivity index (χ0) is 13.7. The Bertz CT molecular complexity index is 626. The molecule has 0 fully saturated rings. The number of carbonyl (C=O) groups is 1. The van der Waals surface area contributed by atoms with Crippen molar-refractivity contribution in [3.05, 3.63) is 63.9 Å². The van der Waals surface area contributed by atoms with Crippen LogP contribution >= 0.6 is 15.9 Å². The minimum Gasteiger partial charge on any atom is -0.267 e. The molecule has 96 valence electrons. The number of hydrazone groups is 1. The van der Waals surface area contributed by atoms with E-state index in [2.05, 4.69) is 31.4 Å². The molecular weight excluding hydrogens is 306 g/mol. The summed E-state index contributed by atoms with van der Waals surface area (Å²) in [5.41, 5.74) is 5.00. The van der Waals surface area contributed by atoms with Gasteiger partial charge in [-0.2, -0.15) is 5.10 Å². The highest BCUT2D eigenvalue weighted by Gasteiger charge is 2.04. The Morgan fingerprint density at radius 1 is 1.37 bits per heavy atom. The van der Waals surface area contributed by atoms with Gasteiger partial charge in [0.25, 0.3) is 5.91 Å². The van der Waals surface area contributed by atoms with Crippen LogP contribution < -0.4 is 5.43 Å². The molecule has 0 aliphatic heterocycles. The molecule has 0 spiro atoms. The van der Waals surface area contributed by atoms with Crippen molar-refractivity contribution in [3.8, 4) is 0 Å². The summed E-state index contributed by atoms with van der Waals surface area (Å²) in [6.07, 6.45) is 4.73. The number of halogens is 1. The fourth-order valence-electron chi connectivity index (χ4n) is 1.49. The van der Waals surface area contributed by atoms with E-state index >= 15 is 0 Å². The SMILES string of the molecule is Cc1ccccc1/C=N\NC(=O)c1cncc(Br)c1. The average Bonchev–Trinajstić information content (AvgIpc) is 2.41. The van der Waals surface area contributed by atoms with Crippen molar-refractivity contribution in [2.24, 2.45) is 5.10 Å². The first-order chi connectivity index (χ1) is 9.16. The fraction of sp³-hybridized carbons (Fsp3) is 0.0714.